The van der Waals surface area contributed by atoms with Gasteiger partial charge in [0.1, 0.15) is 17.9 Å². The lowest BCUT2D eigenvalue weighted by Crippen LogP contribution is -2.49. The molecule has 15 nitrogen and oxygen atoms in total. The minimum atomic E-state index is -0.442. The number of piperidine rings is 2. The molecule has 5 aromatic heterocycles. The Balaban J connectivity index is 0.862. The summed E-state index contributed by atoms with van der Waals surface area (Å²) >= 11 is 1.52. The van der Waals surface area contributed by atoms with Crippen LogP contribution in [0, 0.1) is 28.6 Å². The molecule has 0 unspecified atom stereocenters. The number of aromatic nitrogens is 6. The largest absolute Gasteiger partial charge is 0.369 e. The van der Waals surface area contributed by atoms with Crippen molar-refractivity contribution in [2.75, 3.05) is 60.9 Å². The van der Waals surface area contributed by atoms with Gasteiger partial charge in [0.2, 0.25) is 16.9 Å². The van der Waals surface area contributed by atoms with Crippen molar-refractivity contribution in [3.8, 4) is 34.1 Å². The lowest BCUT2D eigenvalue weighted by atomic mass is 9.91. The SMILES string of the molecule is C[C@H](C#N)Nc1cc(-c2ccc3cc(C#N)cnn23)ncc1-c1nnc(N2CCN(CC3CCN(c4ccc([C@H]5CCC(=O)NC5=O)cn4)CC3)CC2)s1. The number of fused-ring (bicyclic) bond motifs is 1. The Morgan fingerprint density at radius 3 is 2.52 bits per heavy atom. The molecule has 2 amide bonds. The predicted octanol–water partition coefficient (Wildman–Crippen LogP) is 4.06. The number of nitriles is 2. The van der Waals surface area contributed by atoms with E-state index in [1.807, 2.05) is 30.3 Å². The normalized spacial score (nSPS) is 19.0. The predicted molar refractivity (Wildman–Crippen MR) is 204 cm³/mol. The summed E-state index contributed by atoms with van der Waals surface area (Å²) in [7, 11) is 0. The lowest BCUT2D eigenvalue weighted by molar-refractivity contribution is -0.134. The van der Waals surface area contributed by atoms with Gasteiger partial charge in [0, 0.05) is 70.3 Å². The zero-order valence-corrected chi connectivity index (χ0v) is 30.7. The first kappa shape index (κ1) is 35.1. The number of pyridine rings is 2. The standard InChI is InChI=1S/C38H39N13O2S/c1-24(18-39)44-31-17-32(33-5-3-28-16-26(19-40)20-43-51(28)33)41-22-30(31)37-46-47-38(54-37)50-14-12-48(13-15-50)23-25-8-10-49(11-9-25)34-6-2-27(21-42-34)29-4-7-35(52)45-36(29)53/h2-3,5-6,16-17,20-22,24-25,29H,4,7-15,23H2,1H3,(H,41,44)(H,45,52,53)/t24-,29-/m1/s1. The summed E-state index contributed by atoms with van der Waals surface area (Å²) < 4.78 is 1.75. The number of hydrogen-bond donors (Lipinski definition) is 2. The van der Waals surface area contributed by atoms with E-state index >= 15 is 0 Å². The fourth-order valence-electron chi connectivity index (χ4n) is 7.49. The molecule has 0 aromatic carbocycles. The number of amides is 2. The third-order valence-corrected chi connectivity index (χ3v) is 11.5. The Bertz CT molecular complexity index is 2260. The van der Waals surface area contributed by atoms with E-state index in [1.54, 1.807) is 29.9 Å². The van der Waals surface area contributed by atoms with Crippen LogP contribution in [-0.4, -0.2) is 98.3 Å². The van der Waals surface area contributed by atoms with Crippen LogP contribution >= 0.6 is 11.3 Å². The third kappa shape index (κ3) is 7.31. The van der Waals surface area contributed by atoms with Crippen LogP contribution in [0.15, 0.2) is 55.0 Å². The highest BCUT2D eigenvalue weighted by molar-refractivity contribution is 7.18. The monoisotopic (exact) mass is 741 g/mol. The molecule has 3 fully saturated rings. The Morgan fingerprint density at radius 2 is 1.78 bits per heavy atom. The number of anilines is 3. The van der Waals surface area contributed by atoms with Crippen molar-refractivity contribution >= 4 is 45.3 Å². The summed E-state index contributed by atoms with van der Waals surface area (Å²) in [5.41, 5.74) is 5.08. The van der Waals surface area contributed by atoms with Crippen LogP contribution in [0.4, 0.5) is 16.6 Å². The number of nitrogens with zero attached hydrogens (tertiary/aromatic N) is 11. The third-order valence-electron chi connectivity index (χ3n) is 10.5. The number of carbonyl (C=O) groups excluding carboxylic acids is 2. The van der Waals surface area contributed by atoms with E-state index in [0.717, 1.165) is 103 Å². The molecule has 2 N–H and O–H groups in total. The Kier molecular flexibility index (Phi) is 9.86. The molecule has 3 aliphatic rings. The first-order valence-electron chi connectivity index (χ1n) is 18.3. The Morgan fingerprint density at radius 1 is 0.944 bits per heavy atom. The van der Waals surface area contributed by atoms with E-state index in [-0.39, 0.29) is 17.7 Å². The number of carbonyl (C=O) groups is 2. The lowest BCUT2D eigenvalue weighted by Gasteiger charge is -2.39. The minimum Gasteiger partial charge on any atom is -0.369 e. The molecule has 274 valence electrons. The molecule has 5 aromatic rings. The van der Waals surface area contributed by atoms with Gasteiger partial charge in [-0.25, -0.2) is 9.50 Å². The maximum absolute atomic E-state index is 12.3. The van der Waals surface area contributed by atoms with Gasteiger partial charge in [-0.3, -0.25) is 24.8 Å². The molecular formula is C38H39N13O2S. The summed E-state index contributed by atoms with van der Waals surface area (Å²) in [5.74, 6) is 0.807. The van der Waals surface area contributed by atoms with Crippen molar-refractivity contribution in [1.82, 2.24) is 40.0 Å². The summed E-state index contributed by atoms with van der Waals surface area (Å²) in [4.78, 5) is 40.4. The van der Waals surface area contributed by atoms with Crippen molar-refractivity contribution in [1.29, 1.82) is 10.5 Å². The van der Waals surface area contributed by atoms with Crippen molar-refractivity contribution in [2.24, 2.45) is 5.92 Å². The summed E-state index contributed by atoms with van der Waals surface area (Å²) in [5, 5.41) is 39.7. The summed E-state index contributed by atoms with van der Waals surface area (Å²) in [6, 6.07) is 15.4. The van der Waals surface area contributed by atoms with Gasteiger partial charge in [0.05, 0.1) is 46.2 Å². The second-order valence-electron chi connectivity index (χ2n) is 14.1. The van der Waals surface area contributed by atoms with E-state index in [2.05, 4.69) is 57.8 Å². The Labute approximate surface area is 316 Å². The summed E-state index contributed by atoms with van der Waals surface area (Å²) in [6.45, 7) is 8.42. The molecule has 3 aliphatic heterocycles. The number of imide groups is 1. The quantitative estimate of drug-likeness (QED) is 0.206. The fourth-order valence-corrected chi connectivity index (χ4v) is 8.41. The maximum Gasteiger partial charge on any atom is 0.234 e. The molecular weight excluding hydrogens is 703 g/mol. The van der Waals surface area contributed by atoms with E-state index < -0.39 is 6.04 Å². The highest BCUT2D eigenvalue weighted by atomic mass is 32.1. The highest BCUT2D eigenvalue weighted by Crippen LogP contribution is 2.36. The van der Waals surface area contributed by atoms with Crippen LogP contribution in [-0.2, 0) is 9.59 Å². The first-order chi connectivity index (χ1) is 26.3. The van der Waals surface area contributed by atoms with Crippen LogP contribution in [0.3, 0.4) is 0 Å². The van der Waals surface area contributed by atoms with Gasteiger partial charge in [-0.1, -0.05) is 17.4 Å². The van der Waals surface area contributed by atoms with Crippen LogP contribution < -0.4 is 20.4 Å². The van der Waals surface area contributed by atoms with E-state index in [4.69, 9.17) is 4.98 Å². The fraction of sp³-hybridized carbons (Fsp3) is 0.395. The van der Waals surface area contributed by atoms with Crippen molar-refractivity contribution in [2.45, 2.75) is 44.6 Å². The number of hydrogen-bond acceptors (Lipinski definition) is 14. The molecule has 2 atom stereocenters. The van der Waals surface area contributed by atoms with E-state index in [9.17, 15) is 20.1 Å². The van der Waals surface area contributed by atoms with E-state index in [0.29, 0.717) is 30.0 Å². The Hall–Kier alpha value is -5.97. The molecule has 3 saturated heterocycles. The average molecular weight is 742 g/mol. The molecule has 8 heterocycles. The highest BCUT2D eigenvalue weighted by Gasteiger charge is 2.29. The van der Waals surface area contributed by atoms with Gasteiger partial charge in [-0.2, -0.15) is 15.6 Å². The first-order valence-corrected chi connectivity index (χ1v) is 19.1. The molecule has 0 saturated carbocycles. The number of piperazine rings is 1. The molecule has 0 spiro atoms. The molecule has 54 heavy (non-hydrogen) atoms. The van der Waals surface area contributed by atoms with Gasteiger partial charge in [-0.15, -0.1) is 10.2 Å². The molecule has 8 rings (SSSR count). The van der Waals surface area contributed by atoms with E-state index in [1.165, 1.54) is 17.5 Å². The minimum absolute atomic E-state index is 0.205. The number of rotatable bonds is 9. The zero-order valence-electron chi connectivity index (χ0n) is 29.9. The average Bonchev–Trinajstić information content (AvgIpc) is 3.86. The molecule has 0 aliphatic carbocycles. The van der Waals surface area contributed by atoms with Crippen molar-refractivity contribution < 1.29 is 9.59 Å². The van der Waals surface area contributed by atoms with Crippen LogP contribution in [0.2, 0.25) is 0 Å². The van der Waals surface area contributed by atoms with Crippen LogP contribution in [0.5, 0.6) is 0 Å². The van der Waals surface area contributed by atoms with Gasteiger partial charge in [-0.05, 0) is 68.0 Å². The van der Waals surface area contributed by atoms with Gasteiger partial charge in [0.15, 0.2) is 5.01 Å². The van der Waals surface area contributed by atoms with Gasteiger partial charge in [0.25, 0.3) is 0 Å². The molecule has 0 bridgehead atoms. The van der Waals surface area contributed by atoms with Crippen LogP contribution in [0.25, 0.3) is 27.5 Å². The number of nitrogens with one attached hydrogen (secondary N) is 2. The summed E-state index contributed by atoms with van der Waals surface area (Å²) in [6.07, 6.45) is 8.18. The second-order valence-corrected chi connectivity index (χ2v) is 15.0. The van der Waals surface area contributed by atoms with Gasteiger partial charge < -0.3 is 15.1 Å². The van der Waals surface area contributed by atoms with Crippen molar-refractivity contribution in [3.63, 3.8) is 0 Å². The van der Waals surface area contributed by atoms with Gasteiger partial charge >= 0.3 is 0 Å². The topological polar surface area (TPSA) is 184 Å². The van der Waals surface area contributed by atoms with Crippen molar-refractivity contribution in [3.05, 3.63) is 66.1 Å². The van der Waals surface area contributed by atoms with Crippen LogP contribution in [0.1, 0.15) is 49.7 Å². The maximum atomic E-state index is 12.3. The molecule has 16 heteroatoms. The zero-order chi connectivity index (χ0) is 37.2. The molecule has 0 radical (unpaired) electrons. The smallest absolute Gasteiger partial charge is 0.234 e. The second kappa shape index (κ2) is 15.2.